The first-order valence-corrected chi connectivity index (χ1v) is 11.6. The molecule has 3 aromatic rings. The van der Waals surface area contributed by atoms with Crippen LogP contribution in [0.4, 0.5) is 4.39 Å². The second-order valence-corrected chi connectivity index (χ2v) is 9.75. The zero-order chi connectivity index (χ0) is 20.7. The third-order valence-electron chi connectivity index (χ3n) is 6.35. The molecule has 0 bridgehead atoms. The van der Waals surface area contributed by atoms with Crippen LogP contribution in [-0.2, 0) is 6.42 Å². The van der Waals surface area contributed by atoms with Crippen LogP contribution >= 0.6 is 11.3 Å². The topological polar surface area (TPSA) is 50.4 Å². The fourth-order valence-corrected chi connectivity index (χ4v) is 5.39. The molecule has 156 valence electrons. The molecular formula is C25H25FO3S. The van der Waals surface area contributed by atoms with E-state index in [-0.39, 0.29) is 23.4 Å². The third-order valence-corrected chi connectivity index (χ3v) is 7.31. The molecule has 1 N–H and O–H groups in total. The summed E-state index contributed by atoms with van der Waals surface area (Å²) >= 11 is 1.62. The Balaban J connectivity index is 1.48. The summed E-state index contributed by atoms with van der Waals surface area (Å²) < 4.78 is 19.1. The summed E-state index contributed by atoms with van der Waals surface area (Å²) in [4.78, 5) is 14.2. The summed E-state index contributed by atoms with van der Waals surface area (Å²) in [6, 6.07) is 12.2. The molecule has 2 aliphatic carbocycles. The molecule has 5 rings (SSSR count). The van der Waals surface area contributed by atoms with Crippen molar-refractivity contribution in [2.45, 2.75) is 50.4 Å². The van der Waals surface area contributed by atoms with Gasteiger partial charge in [-0.15, -0.1) is 11.3 Å². The van der Waals surface area contributed by atoms with Crippen LogP contribution in [0.1, 0.15) is 65.7 Å². The molecule has 2 atom stereocenters. The lowest BCUT2D eigenvalue weighted by atomic mass is 9.89. The van der Waals surface area contributed by atoms with Gasteiger partial charge in [0.1, 0.15) is 17.3 Å². The van der Waals surface area contributed by atoms with Crippen LogP contribution in [0.15, 0.2) is 57.1 Å². The highest BCUT2D eigenvalue weighted by Gasteiger charge is 2.38. The van der Waals surface area contributed by atoms with Crippen LogP contribution < -0.4 is 5.63 Å². The normalized spacial score (nSPS) is 18.3. The van der Waals surface area contributed by atoms with Crippen molar-refractivity contribution in [2.75, 3.05) is 0 Å². The summed E-state index contributed by atoms with van der Waals surface area (Å²) in [6.45, 7) is 0. The first-order valence-electron chi connectivity index (χ1n) is 10.7. The monoisotopic (exact) mass is 424 g/mol. The largest absolute Gasteiger partial charge is 0.507 e. The average molecular weight is 425 g/mol. The molecule has 3 nitrogen and oxygen atoms in total. The Labute approximate surface area is 179 Å². The Bertz CT molecular complexity index is 1060. The van der Waals surface area contributed by atoms with E-state index >= 15 is 0 Å². The van der Waals surface area contributed by atoms with E-state index in [0.717, 1.165) is 29.7 Å². The highest BCUT2D eigenvalue weighted by molar-refractivity contribution is 7.10. The Morgan fingerprint density at radius 3 is 2.50 bits per heavy atom. The molecule has 30 heavy (non-hydrogen) atoms. The van der Waals surface area contributed by atoms with Gasteiger partial charge >= 0.3 is 5.63 Å². The first kappa shape index (κ1) is 19.6. The Kier molecular flexibility index (Phi) is 5.23. The van der Waals surface area contributed by atoms with E-state index in [1.807, 2.05) is 17.5 Å². The maximum Gasteiger partial charge on any atom is 0.343 e. The van der Waals surface area contributed by atoms with E-state index < -0.39 is 5.63 Å². The van der Waals surface area contributed by atoms with Crippen molar-refractivity contribution in [1.29, 1.82) is 0 Å². The van der Waals surface area contributed by atoms with E-state index in [0.29, 0.717) is 29.6 Å². The summed E-state index contributed by atoms with van der Waals surface area (Å²) in [5, 5.41) is 12.9. The minimum absolute atomic E-state index is 0.00303. The highest BCUT2D eigenvalue weighted by atomic mass is 32.1. The minimum Gasteiger partial charge on any atom is -0.507 e. The Morgan fingerprint density at radius 2 is 1.90 bits per heavy atom. The fraction of sp³-hybridized carbons (Fsp3) is 0.400. The quantitative estimate of drug-likeness (QED) is 0.467. The number of thiophene rings is 1. The van der Waals surface area contributed by atoms with Gasteiger partial charge < -0.3 is 9.52 Å². The van der Waals surface area contributed by atoms with E-state index in [9.17, 15) is 14.3 Å². The van der Waals surface area contributed by atoms with Crippen molar-refractivity contribution in [2.24, 2.45) is 11.8 Å². The van der Waals surface area contributed by atoms with Gasteiger partial charge in [-0.3, -0.25) is 0 Å². The molecule has 0 saturated heterocycles. The van der Waals surface area contributed by atoms with Gasteiger partial charge in [0.15, 0.2) is 0 Å². The maximum atomic E-state index is 13.3. The van der Waals surface area contributed by atoms with Gasteiger partial charge in [-0.1, -0.05) is 31.0 Å². The minimum atomic E-state index is -0.421. The summed E-state index contributed by atoms with van der Waals surface area (Å²) in [6.07, 6.45) is 6.09. The predicted molar refractivity (Wildman–Crippen MR) is 116 cm³/mol. The average Bonchev–Trinajstić information content (AvgIpc) is 3.65. The van der Waals surface area contributed by atoms with E-state index in [2.05, 4.69) is 0 Å². The van der Waals surface area contributed by atoms with Crippen molar-refractivity contribution in [3.05, 3.63) is 85.8 Å². The summed E-state index contributed by atoms with van der Waals surface area (Å²) in [5.74, 6) is 1.26. The number of hydrogen-bond acceptors (Lipinski definition) is 4. The molecule has 2 heterocycles. The van der Waals surface area contributed by atoms with Crippen molar-refractivity contribution in [3.63, 3.8) is 0 Å². The Hall–Kier alpha value is -2.40. The van der Waals surface area contributed by atoms with E-state index in [4.69, 9.17) is 4.42 Å². The lowest BCUT2D eigenvalue weighted by molar-refractivity contribution is 0.371. The SMILES string of the molecule is O=c1oc(C(Cc2ccc(F)cc2)CC2CC2)cc(O)c1C(c1cccs1)C1CC1. The van der Waals surface area contributed by atoms with Gasteiger partial charge in [0.2, 0.25) is 0 Å². The number of aromatic hydroxyl groups is 1. The number of rotatable bonds is 8. The standard InChI is InChI=1S/C25H25FO3S/c26-19-9-5-16(6-10-19)13-18(12-15-3-4-15)21-14-20(27)24(25(28)29-21)23(17-7-8-17)22-2-1-11-30-22/h1-2,5-6,9-11,14-15,17-18,23,27H,3-4,7-8,12-13H2. The van der Waals surface area contributed by atoms with E-state index in [1.165, 1.54) is 25.0 Å². The van der Waals surface area contributed by atoms with Crippen LogP contribution in [0.2, 0.25) is 0 Å². The second-order valence-electron chi connectivity index (χ2n) is 8.77. The van der Waals surface area contributed by atoms with Gasteiger partial charge in [0.25, 0.3) is 0 Å². The highest BCUT2D eigenvalue weighted by Crippen LogP contribution is 2.49. The molecular weight excluding hydrogens is 399 g/mol. The molecule has 2 fully saturated rings. The molecule has 5 heteroatoms. The summed E-state index contributed by atoms with van der Waals surface area (Å²) in [7, 11) is 0. The number of benzene rings is 1. The number of halogens is 1. The fourth-order valence-electron chi connectivity index (χ4n) is 4.47. The summed E-state index contributed by atoms with van der Waals surface area (Å²) in [5.41, 5.74) is 0.980. The molecule has 1 aromatic carbocycles. The van der Waals surface area contributed by atoms with Crippen LogP contribution in [-0.4, -0.2) is 5.11 Å². The predicted octanol–water partition coefficient (Wildman–Crippen LogP) is 6.21. The smallest absolute Gasteiger partial charge is 0.343 e. The molecule has 0 spiro atoms. The van der Waals surface area contributed by atoms with Crippen LogP contribution in [0.25, 0.3) is 0 Å². The maximum absolute atomic E-state index is 13.3. The van der Waals surface area contributed by atoms with Crippen LogP contribution in [0.3, 0.4) is 0 Å². The van der Waals surface area contributed by atoms with Crippen molar-refractivity contribution in [3.8, 4) is 5.75 Å². The molecule has 2 aromatic heterocycles. The number of hydrogen-bond donors (Lipinski definition) is 1. The molecule has 2 saturated carbocycles. The molecule has 0 aliphatic heterocycles. The molecule has 0 amide bonds. The van der Waals surface area contributed by atoms with Gasteiger partial charge in [0, 0.05) is 22.8 Å². The lowest BCUT2D eigenvalue weighted by Gasteiger charge is -2.19. The van der Waals surface area contributed by atoms with E-state index in [1.54, 1.807) is 29.5 Å². The first-order chi connectivity index (χ1) is 14.6. The lowest BCUT2D eigenvalue weighted by Crippen LogP contribution is -2.17. The Morgan fingerprint density at radius 1 is 1.13 bits per heavy atom. The van der Waals surface area contributed by atoms with Gasteiger partial charge in [-0.25, -0.2) is 9.18 Å². The van der Waals surface area contributed by atoms with Crippen molar-refractivity contribution in [1.82, 2.24) is 0 Å². The van der Waals surface area contributed by atoms with Crippen molar-refractivity contribution >= 4 is 11.3 Å². The third kappa shape index (κ3) is 4.22. The van der Waals surface area contributed by atoms with Crippen LogP contribution in [0, 0.1) is 17.7 Å². The zero-order valence-electron chi connectivity index (χ0n) is 16.7. The van der Waals surface area contributed by atoms with Gasteiger partial charge in [-0.2, -0.15) is 0 Å². The van der Waals surface area contributed by atoms with Crippen molar-refractivity contribution < 1.29 is 13.9 Å². The van der Waals surface area contributed by atoms with Gasteiger partial charge in [0.05, 0.1) is 5.56 Å². The molecule has 2 aliphatic rings. The molecule has 2 unspecified atom stereocenters. The molecule has 0 radical (unpaired) electrons. The van der Waals surface area contributed by atoms with Crippen LogP contribution in [0.5, 0.6) is 5.75 Å². The second kappa shape index (κ2) is 8.03. The zero-order valence-corrected chi connectivity index (χ0v) is 17.5. The van der Waals surface area contributed by atoms with Gasteiger partial charge in [-0.05, 0) is 66.7 Å².